The van der Waals surface area contributed by atoms with Crippen molar-refractivity contribution < 1.29 is 13.2 Å². The summed E-state index contributed by atoms with van der Waals surface area (Å²) in [6.07, 6.45) is 4.47. The Bertz CT molecular complexity index is 843. The molecule has 1 aromatic carbocycles. The molecule has 0 bridgehead atoms. The lowest BCUT2D eigenvalue weighted by molar-refractivity contribution is 0.0923. The second-order valence-corrected chi connectivity index (χ2v) is 11.2. The number of amides is 1. The van der Waals surface area contributed by atoms with Crippen LogP contribution in [-0.4, -0.2) is 48.3 Å². The van der Waals surface area contributed by atoms with E-state index in [-0.39, 0.29) is 34.7 Å². The van der Waals surface area contributed by atoms with Crippen LogP contribution in [-0.2, 0) is 9.84 Å². The van der Waals surface area contributed by atoms with Crippen LogP contribution in [0.1, 0.15) is 43.0 Å². The highest BCUT2D eigenvalue weighted by molar-refractivity contribution is 8.15. The monoisotopic (exact) mass is 407 g/mol. The maximum Gasteiger partial charge on any atom is 0.251 e. The van der Waals surface area contributed by atoms with Gasteiger partial charge < -0.3 is 10.6 Å². The molecular weight excluding hydrogens is 382 g/mol. The first-order chi connectivity index (χ1) is 12.9. The molecule has 1 aliphatic carbocycles. The van der Waals surface area contributed by atoms with Gasteiger partial charge in [-0.05, 0) is 55.9 Å². The van der Waals surface area contributed by atoms with Gasteiger partial charge in [0.2, 0.25) is 0 Å². The standard InChI is InChI=1S/C19H25N3O3S2/c1-12-2-6-14(7-3-12)20-18(23)13-4-8-15(9-5-13)21-19-22-16-10-27(24,25)11-17(16)26-19/h4-5,8-9,12,14,16-17H,2-3,6-7,10-11H2,1H3,(H,20,23)(H,21,22)/t12?,14?,16-,17-/m1/s1. The zero-order valence-electron chi connectivity index (χ0n) is 15.3. The van der Waals surface area contributed by atoms with Crippen molar-refractivity contribution in [2.45, 2.75) is 49.9 Å². The lowest BCUT2D eigenvalue weighted by atomic mass is 9.87. The number of nitrogens with zero attached hydrogens (tertiary/aromatic N) is 1. The van der Waals surface area contributed by atoms with E-state index in [2.05, 4.69) is 22.5 Å². The third-order valence-corrected chi connectivity index (χ3v) is 8.71. The first-order valence-electron chi connectivity index (χ1n) is 9.51. The number of carbonyl (C=O) groups excluding carboxylic acids is 1. The molecule has 0 radical (unpaired) electrons. The molecule has 1 amide bonds. The molecule has 8 heteroatoms. The van der Waals surface area contributed by atoms with Crippen LogP contribution >= 0.6 is 11.8 Å². The van der Waals surface area contributed by atoms with E-state index in [1.165, 1.54) is 24.6 Å². The first kappa shape index (κ1) is 18.8. The molecule has 3 aliphatic rings. The topological polar surface area (TPSA) is 87.6 Å². The first-order valence-corrected chi connectivity index (χ1v) is 12.2. The zero-order valence-corrected chi connectivity index (χ0v) is 17.0. The van der Waals surface area contributed by atoms with E-state index in [9.17, 15) is 13.2 Å². The fourth-order valence-electron chi connectivity index (χ4n) is 3.92. The van der Waals surface area contributed by atoms with E-state index in [0.717, 1.165) is 29.6 Å². The minimum atomic E-state index is -2.93. The third kappa shape index (κ3) is 4.48. The van der Waals surface area contributed by atoms with Crippen LogP contribution in [0, 0.1) is 5.92 Å². The number of carbonyl (C=O) groups is 1. The van der Waals surface area contributed by atoms with Gasteiger partial charge in [-0.2, -0.15) is 0 Å². The van der Waals surface area contributed by atoms with Gasteiger partial charge in [0.1, 0.15) is 0 Å². The second-order valence-electron chi connectivity index (χ2n) is 7.87. The molecule has 1 aromatic rings. The van der Waals surface area contributed by atoms with Gasteiger partial charge in [-0.1, -0.05) is 18.7 Å². The van der Waals surface area contributed by atoms with Crippen LogP contribution in [0.3, 0.4) is 0 Å². The van der Waals surface area contributed by atoms with E-state index >= 15 is 0 Å². The molecule has 1 saturated carbocycles. The van der Waals surface area contributed by atoms with Crippen molar-refractivity contribution in [2.75, 3.05) is 16.8 Å². The number of amidine groups is 1. The molecular formula is C19H25N3O3S2. The van der Waals surface area contributed by atoms with Crippen molar-refractivity contribution in [2.24, 2.45) is 10.9 Å². The number of thioether (sulfide) groups is 1. The average Bonchev–Trinajstić information content (AvgIpc) is 3.10. The number of anilines is 1. The normalized spacial score (nSPS) is 31.8. The van der Waals surface area contributed by atoms with E-state index in [1.807, 2.05) is 24.3 Å². The number of hydrogen-bond donors (Lipinski definition) is 2. The quantitative estimate of drug-likeness (QED) is 0.804. The molecule has 2 aliphatic heterocycles. The highest BCUT2D eigenvalue weighted by Crippen LogP contribution is 2.34. The Morgan fingerprint density at radius 3 is 2.48 bits per heavy atom. The maximum atomic E-state index is 12.4. The number of benzene rings is 1. The maximum absolute atomic E-state index is 12.4. The highest BCUT2D eigenvalue weighted by Gasteiger charge is 2.42. The molecule has 2 atom stereocenters. The summed E-state index contributed by atoms with van der Waals surface area (Å²) in [4.78, 5) is 16.9. The van der Waals surface area contributed by atoms with Crippen LogP contribution in [0.25, 0.3) is 0 Å². The Hall–Kier alpha value is -1.54. The Kier molecular flexibility index (Phi) is 5.20. The van der Waals surface area contributed by atoms with E-state index in [0.29, 0.717) is 5.56 Å². The summed E-state index contributed by atoms with van der Waals surface area (Å²) < 4.78 is 23.3. The van der Waals surface area contributed by atoms with Crippen LogP contribution in [0.5, 0.6) is 0 Å². The molecule has 4 rings (SSSR count). The predicted molar refractivity (Wildman–Crippen MR) is 110 cm³/mol. The summed E-state index contributed by atoms with van der Waals surface area (Å²) >= 11 is 1.49. The Morgan fingerprint density at radius 1 is 1.11 bits per heavy atom. The second kappa shape index (κ2) is 7.47. The number of fused-ring (bicyclic) bond motifs is 1. The fourth-order valence-corrected chi connectivity index (χ4v) is 7.59. The lowest BCUT2D eigenvalue weighted by Crippen LogP contribution is -2.37. The van der Waals surface area contributed by atoms with Crippen molar-refractivity contribution in [1.29, 1.82) is 0 Å². The average molecular weight is 408 g/mol. The van der Waals surface area contributed by atoms with E-state index in [4.69, 9.17) is 0 Å². The Morgan fingerprint density at radius 2 is 1.81 bits per heavy atom. The van der Waals surface area contributed by atoms with Crippen molar-refractivity contribution in [3.05, 3.63) is 29.8 Å². The van der Waals surface area contributed by atoms with Crippen LogP contribution < -0.4 is 10.6 Å². The SMILES string of the molecule is CC1CCC(NC(=O)c2ccc(NC3=N[C@@H]4CS(=O)(=O)C[C@H]4S3)cc2)CC1. The zero-order chi connectivity index (χ0) is 19.0. The number of nitrogens with one attached hydrogen (secondary N) is 2. The predicted octanol–water partition coefficient (Wildman–Crippen LogP) is 2.68. The molecule has 2 heterocycles. The van der Waals surface area contributed by atoms with Gasteiger partial charge in [0.25, 0.3) is 5.91 Å². The molecule has 2 N–H and O–H groups in total. The van der Waals surface area contributed by atoms with Crippen LogP contribution in [0.4, 0.5) is 5.69 Å². The smallest absolute Gasteiger partial charge is 0.251 e. The van der Waals surface area contributed by atoms with Crippen molar-refractivity contribution in [3.63, 3.8) is 0 Å². The van der Waals surface area contributed by atoms with Gasteiger partial charge in [0, 0.05) is 22.5 Å². The summed E-state index contributed by atoms with van der Waals surface area (Å²) in [6, 6.07) is 7.51. The summed E-state index contributed by atoms with van der Waals surface area (Å²) in [5.41, 5.74) is 1.51. The largest absolute Gasteiger partial charge is 0.349 e. The van der Waals surface area contributed by atoms with Gasteiger partial charge >= 0.3 is 0 Å². The molecule has 2 fully saturated rings. The minimum absolute atomic E-state index is 0.0200. The molecule has 1 saturated heterocycles. The molecule has 0 unspecified atom stereocenters. The molecule has 0 aromatic heterocycles. The molecule has 27 heavy (non-hydrogen) atoms. The van der Waals surface area contributed by atoms with Gasteiger partial charge in [-0.3, -0.25) is 9.79 Å². The van der Waals surface area contributed by atoms with Gasteiger partial charge in [0.05, 0.1) is 17.5 Å². The summed E-state index contributed by atoms with van der Waals surface area (Å²) in [7, 11) is -2.93. The summed E-state index contributed by atoms with van der Waals surface area (Å²) in [5, 5.41) is 7.16. The molecule has 6 nitrogen and oxygen atoms in total. The van der Waals surface area contributed by atoms with Crippen molar-refractivity contribution >= 4 is 38.4 Å². The Balaban J connectivity index is 1.32. The van der Waals surface area contributed by atoms with E-state index in [1.54, 1.807) is 0 Å². The van der Waals surface area contributed by atoms with Crippen LogP contribution in [0.2, 0.25) is 0 Å². The minimum Gasteiger partial charge on any atom is -0.349 e. The van der Waals surface area contributed by atoms with Crippen molar-refractivity contribution in [1.82, 2.24) is 5.32 Å². The fraction of sp³-hybridized carbons (Fsp3) is 0.579. The van der Waals surface area contributed by atoms with Gasteiger partial charge in [-0.25, -0.2) is 8.42 Å². The number of aliphatic imine (C=N–C) groups is 1. The highest BCUT2D eigenvalue weighted by atomic mass is 32.2. The number of hydrogen-bond acceptors (Lipinski definition) is 6. The summed E-state index contributed by atoms with van der Waals surface area (Å²) in [6.45, 7) is 2.27. The molecule has 0 spiro atoms. The Labute approximate surface area is 164 Å². The van der Waals surface area contributed by atoms with Crippen molar-refractivity contribution in [3.8, 4) is 0 Å². The summed E-state index contributed by atoms with van der Waals surface area (Å²) in [5.74, 6) is 1.10. The number of sulfone groups is 1. The van der Waals surface area contributed by atoms with Gasteiger partial charge in [0.15, 0.2) is 15.0 Å². The number of rotatable bonds is 3. The van der Waals surface area contributed by atoms with Gasteiger partial charge in [-0.15, -0.1) is 0 Å². The third-order valence-electron chi connectivity index (χ3n) is 5.57. The lowest BCUT2D eigenvalue weighted by Gasteiger charge is -2.26. The van der Waals surface area contributed by atoms with Crippen LogP contribution in [0.15, 0.2) is 29.3 Å². The molecule has 146 valence electrons. The van der Waals surface area contributed by atoms with E-state index < -0.39 is 9.84 Å².